The Morgan fingerprint density at radius 1 is 1.08 bits per heavy atom. The highest BCUT2D eigenvalue weighted by atomic mass is 32.2. The summed E-state index contributed by atoms with van der Waals surface area (Å²) in [6.45, 7) is 0. The van der Waals surface area contributed by atoms with Gasteiger partial charge in [0.05, 0.1) is 4.90 Å². The third-order valence-corrected chi connectivity index (χ3v) is 4.72. The fraction of sp³-hybridized carbons (Fsp3) is 0.133. The van der Waals surface area contributed by atoms with E-state index in [1.165, 1.54) is 36.7 Å². The van der Waals surface area contributed by atoms with Gasteiger partial charge in [-0.05, 0) is 30.3 Å². The van der Waals surface area contributed by atoms with Crippen LogP contribution in [-0.4, -0.2) is 35.9 Å². The van der Waals surface area contributed by atoms with Crippen molar-refractivity contribution in [2.24, 2.45) is 5.10 Å². The quantitative estimate of drug-likeness (QED) is 0.695. The van der Waals surface area contributed by atoms with E-state index >= 15 is 0 Å². The van der Waals surface area contributed by atoms with Gasteiger partial charge in [-0.25, -0.2) is 28.5 Å². The molecular formula is C15H14N6O4S. The van der Waals surface area contributed by atoms with Crippen LogP contribution in [0, 0.1) is 0 Å². The third kappa shape index (κ3) is 4.19. The molecule has 3 N–H and O–H groups in total. The maximum absolute atomic E-state index is 12.3. The van der Waals surface area contributed by atoms with Gasteiger partial charge < -0.3 is 5.32 Å². The molecule has 0 atom stereocenters. The SMILES string of the molecule is O=C1CCC(C(=O)Nc2ccc(S(=O)(=O)Nc3ncccn3)cc2)=NN1. The van der Waals surface area contributed by atoms with Crippen LogP contribution < -0.4 is 15.5 Å². The molecule has 134 valence electrons. The molecule has 0 radical (unpaired) electrons. The Morgan fingerprint density at radius 3 is 2.38 bits per heavy atom. The molecular weight excluding hydrogens is 360 g/mol. The number of nitrogens with zero attached hydrogens (tertiary/aromatic N) is 3. The van der Waals surface area contributed by atoms with Crippen LogP contribution in [0.15, 0.2) is 52.7 Å². The van der Waals surface area contributed by atoms with Gasteiger partial charge in [0.25, 0.3) is 15.9 Å². The van der Waals surface area contributed by atoms with E-state index in [4.69, 9.17) is 0 Å². The van der Waals surface area contributed by atoms with Crippen molar-refractivity contribution in [3.8, 4) is 0 Å². The molecule has 1 aromatic heterocycles. The molecule has 0 bridgehead atoms. The predicted octanol–water partition coefficient (Wildman–Crippen LogP) is 0.482. The maximum Gasteiger partial charge on any atom is 0.271 e. The fourth-order valence-corrected chi connectivity index (χ4v) is 3.05. The monoisotopic (exact) mass is 374 g/mol. The lowest BCUT2D eigenvalue weighted by molar-refractivity contribution is -0.121. The van der Waals surface area contributed by atoms with Crippen LogP contribution in [0.2, 0.25) is 0 Å². The van der Waals surface area contributed by atoms with Crippen molar-refractivity contribution < 1.29 is 18.0 Å². The molecule has 2 amide bonds. The molecule has 0 unspecified atom stereocenters. The highest BCUT2D eigenvalue weighted by molar-refractivity contribution is 7.92. The largest absolute Gasteiger partial charge is 0.321 e. The molecule has 0 aliphatic carbocycles. The summed E-state index contributed by atoms with van der Waals surface area (Å²) >= 11 is 0. The van der Waals surface area contributed by atoms with Crippen LogP contribution in [-0.2, 0) is 19.6 Å². The summed E-state index contributed by atoms with van der Waals surface area (Å²) in [5.74, 6) is -0.746. The highest BCUT2D eigenvalue weighted by Crippen LogP contribution is 2.16. The van der Waals surface area contributed by atoms with Gasteiger partial charge in [0, 0.05) is 30.9 Å². The lowest BCUT2D eigenvalue weighted by Crippen LogP contribution is -2.32. The Kier molecular flexibility index (Phi) is 4.89. The first-order valence-corrected chi connectivity index (χ1v) is 8.99. The number of hydrogen-bond donors (Lipinski definition) is 3. The van der Waals surface area contributed by atoms with E-state index < -0.39 is 15.9 Å². The van der Waals surface area contributed by atoms with Crippen molar-refractivity contribution in [2.45, 2.75) is 17.7 Å². The van der Waals surface area contributed by atoms with Crippen molar-refractivity contribution in [1.29, 1.82) is 0 Å². The van der Waals surface area contributed by atoms with Crippen molar-refractivity contribution in [3.63, 3.8) is 0 Å². The van der Waals surface area contributed by atoms with Gasteiger partial charge in [0.15, 0.2) is 0 Å². The molecule has 2 heterocycles. The molecule has 3 rings (SSSR count). The summed E-state index contributed by atoms with van der Waals surface area (Å²) in [6.07, 6.45) is 3.27. The second kappa shape index (κ2) is 7.27. The minimum Gasteiger partial charge on any atom is -0.321 e. The number of sulfonamides is 1. The average molecular weight is 374 g/mol. The number of carbonyl (C=O) groups is 2. The summed E-state index contributed by atoms with van der Waals surface area (Å²) in [5, 5.41) is 6.29. The third-order valence-electron chi connectivity index (χ3n) is 3.38. The average Bonchev–Trinajstić information content (AvgIpc) is 2.63. The number of hydrazone groups is 1. The number of amides is 2. The molecule has 10 nitrogen and oxygen atoms in total. The van der Waals surface area contributed by atoms with E-state index in [2.05, 4.69) is 30.5 Å². The molecule has 0 spiro atoms. The number of anilines is 2. The van der Waals surface area contributed by atoms with E-state index in [0.29, 0.717) is 5.69 Å². The zero-order valence-corrected chi connectivity index (χ0v) is 14.2. The first-order valence-electron chi connectivity index (χ1n) is 7.51. The summed E-state index contributed by atoms with van der Waals surface area (Å²) in [5.41, 5.74) is 2.83. The minimum absolute atomic E-state index is 0.00905. The van der Waals surface area contributed by atoms with Gasteiger partial charge in [0.1, 0.15) is 5.71 Å². The van der Waals surface area contributed by atoms with Crippen molar-refractivity contribution in [2.75, 3.05) is 10.0 Å². The van der Waals surface area contributed by atoms with Crippen LogP contribution in [0.4, 0.5) is 11.6 Å². The first kappa shape index (κ1) is 17.5. The molecule has 0 saturated carbocycles. The van der Waals surface area contributed by atoms with E-state index in [1.807, 2.05) is 0 Å². The fourth-order valence-electron chi connectivity index (χ4n) is 2.09. The maximum atomic E-state index is 12.3. The van der Waals surface area contributed by atoms with Gasteiger partial charge in [-0.1, -0.05) is 0 Å². The number of aromatic nitrogens is 2. The molecule has 11 heteroatoms. The molecule has 0 saturated heterocycles. The lowest BCUT2D eigenvalue weighted by Gasteiger charge is -2.12. The standard InChI is InChI=1S/C15H14N6O4S/c22-13-7-6-12(19-20-13)14(23)18-10-2-4-11(5-3-10)26(24,25)21-15-16-8-1-9-17-15/h1-5,8-9H,6-7H2,(H,18,23)(H,20,22)(H,16,17,21). The Hall–Kier alpha value is -3.34. The highest BCUT2D eigenvalue weighted by Gasteiger charge is 2.19. The normalized spacial score (nSPS) is 14.2. The molecule has 26 heavy (non-hydrogen) atoms. The topological polar surface area (TPSA) is 143 Å². The smallest absolute Gasteiger partial charge is 0.271 e. The van der Waals surface area contributed by atoms with E-state index in [9.17, 15) is 18.0 Å². The molecule has 1 aliphatic heterocycles. The Bertz CT molecular complexity index is 957. The van der Waals surface area contributed by atoms with Crippen molar-refractivity contribution >= 4 is 39.2 Å². The number of carbonyl (C=O) groups excluding carboxylic acids is 2. The van der Waals surface area contributed by atoms with Gasteiger partial charge in [-0.15, -0.1) is 0 Å². The number of rotatable bonds is 5. The van der Waals surface area contributed by atoms with Crippen LogP contribution >= 0.6 is 0 Å². The van der Waals surface area contributed by atoms with Crippen molar-refractivity contribution in [1.82, 2.24) is 15.4 Å². The van der Waals surface area contributed by atoms with Gasteiger partial charge in [-0.2, -0.15) is 5.10 Å². The van der Waals surface area contributed by atoms with Gasteiger partial charge in [-0.3, -0.25) is 9.59 Å². The lowest BCUT2D eigenvalue weighted by atomic mass is 10.1. The van der Waals surface area contributed by atoms with Crippen LogP contribution in [0.1, 0.15) is 12.8 Å². The van der Waals surface area contributed by atoms with E-state index in [-0.39, 0.29) is 35.3 Å². The summed E-state index contributed by atoms with van der Waals surface area (Å²) in [7, 11) is -3.84. The summed E-state index contributed by atoms with van der Waals surface area (Å²) in [4.78, 5) is 30.7. The molecule has 2 aromatic rings. The van der Waals surface area contributed by atoms with Crippen LogP contribution in [0.3, 0.4) is 0 Å². The Labute approximate surface area is 148 Å². The minimum atomic E-state index is -3.84. The summed E-state index contributed by atoms with van der Waals surface area (Å²) in [6, 6.07) is 7.13. The number of benzene rings is 1. The first-order chi connectivity index (χ1) is 12.4. The van der Waals surface area contributed by atoms with E-state index in [1.54, 1.807) is 6.07 Å². The van der Waals surface area contributed by atoms with Crippen molar-refractivity contribution in [3.05, 3.63) is 42.7 Å². The Morgan fingerprint density at radius 2 is 1.77 bits per heavy atom. The number of hydrogen-bond acceptors (Lipinski definition) is 7. The van der Waals surface area contributed by atoms with E-state index in [0.717, 1.165) is 0 Å². The van der Waals surface area contributed by atoms with Gasteiger partial charge in [0.2, 0.25) is 11.9 Å². The Balaban J connectivity index is 1.68. The second-order valence-electron chi connectivity index (χ2n) is 5.25. The second-order valence-corrected chi connectivity index (χ2v) is 6.93. The molecule has 0 fully saturated rings. The van der Waals surface area contributed by atoms with Crippen LogP contribution in [0.5, 0.6) is 0 Å². The zero-order chi connectivity index (χ0) is 18.6. The number of nitrogens with one attached hydrogen (secondary N) is 3. The predicted molar refractivity (Wildman–Crippen MR) is 92.7 cm³/mol. The van der Waals surface area contributed by atoms with Gasteiger partial charge >= 0.3 is 0 Å². The van der Waals surface area contributed by atoms with Crippen LogP contribution in [0.25, 0.3) is 0 Å². The summed E-state index contributed by atoms with van der Waals surface area (Å²) < 4.78 is 26.8. The molecule has 1 aromatic carbocycles. The molecule has 1 aliphatic rings. The zero-order valence-electron chi connectivity index (χ0n) is 13.3.